The van der Waals surface area contributed by atoms with Crippen LogP contribution in [-0.2, 0) is 0 Å². The lowest BCUT2D eigenvalue weighted by Gasteiger charge is -2.08. The zero-order valence-electron chi connectivity index (χ0n) is 10.2. The molecule has 18 heavy (non-hydrogen) atoms. The Kier molecular flexibility index (Phi) is 3.96. The summed E-state index contributed by atoms with van der Waals surface area (Å²) in [5.74, 6) is 0. The van der Waals surface area contributed by atoms with Crippen LogP contribution in [0, 0.1) is 25.2 Å². The van der Waals surface area contributed by atoms with E-state index in [0.29, 0.717) is 5.56 Å². The first-order chi connectivity index (χ1) is 8.60. The van der Waals surface area contributed by atoms with Crippen LogP contribution in [0.4, 0.5) is 0 Å². The molecule has 0 spiro atoms. The van der Waals surface area contributed by atoms with Crippen molar-refractivity contribution in [2.45, 2.75) is 23.6 Å². The summed E-state index contributed by atoms with van der Waals surface area (Å²) in [4.78, 5) is 2.35. The van der Waals surface area contributed by atoms with Crippen molar-refractivity contribution in [3.05, 3.63) is 58.1 Å². The standard InChI is InChI=1S/C15H12ClNS/c1-10-7-12(9-17)3-5-14(10)18-15-6-4-13(16)8-11(15)2/h3-8H,1-2H3. The molecule has 0 unspecified atom stereocenters. The number of hydrogen-bond acceptors (Lipinski definition) is 2. The van der Waals surface area contributed by atoms with Gasteiger partial charge in [-0.3, -0.25) is 0 Å². The molecule has 90 valence electrons. The minimum Gasteiger partial charge on any atom is -0.192 e. The first kappa shape index (κ1) is 13.0. The molecule has 0 aliphatic rings. The molecule has 1 nitrogen and oxygen atoms in total. The Morgan fingerprint density at radius 2 is 1.61 bits per heavy atom. The summed E-state index contributed by atoms with van der Waals surface area (Å²) in [6.45, 7) is 4.07. The first-order valence-electron chi connectivity index (χ1n) is 5.55. The van der Waals surface area contributed by atoms with Crippen molar-refractivity contribution in [3.8, 4) is 6.07 Å². The first-order valence-corrected chi connectivity index (χ1v) is 6.74. The van der Waals surface area contributed by atoms with Crippen molar-refractivity contribution < 1.29 is 0 Å². The Labute approximate surface area is 116 Å². The smallest absolute Gasteiger partial charge is 0.0991 e. The molecule has 0 saturated heterocycles. The summed E-state index contributed by atoms with van der Waals surface area (Å²) >= 11 is 7.65. The number of benzene rings is 2. The van der Waals surface area contributed by atoms with Crippen molar-refractivity contribution in [2.75, 3.05) is 0 Å². The molecule has 0 aromatic heterocycles. The van der Waals surface area contributed by atoms with Gasteiger partial charge in [0.05, 0.1) is 11.6 Å². The van der Waals surface area contributed by atoms with Gasteiger partial charge in [0.1, 0.15) is 0 Å². The van der Waals surface area contributed by atoms with E-state index in [2.05, 4.69) is 6.07 Å². The van der Waals surface area contributed by atoms with Gasteiger partial charge in [0.15, 0.2) is 0 Å². The van der Waals surface area contributed by atoms with Gasteiger partial charge < -0.3 is 0 Å². The normalized spacial score (nSPS) is 10.1. The van der Waals surface area contributed by atoms with E-state index in [1.807, 2.05) is 50.2 Å². The molecule has 0 aliphatic heterocycles. The van der Waals surface area contributed by atoms with Gasteiger partial charge >= 0.3 is 0 Å². The molecule has 0 saturated carbocycles. The maximum absolute atomic E-state index is 8.85. The average Bonchev–Trinajstić information content (AvgIpc) is 2.34. The maximum atomic E-state index is 8.85. The molecule has 0 amide bonds. The van der Waals surface area contributed by atoms with Crippen LogP contribution in [-0.4, -0.2) is 0 Å². The third kappa shape index (κ3) is 2.87. The summed E-state index contributed by atoms with van der Waals surface area (Å²) in [5.41, 5.74) is 2.98. The predicted molar refractivity (Wildman–Crippen MR) is 76.2 cm³/mol. The minimum absolute atomic E-state index is 0.699. The van der Waals surface area contributed by atoms with Crippen molar-refractivity contribution >= 4 is 23.4 Å². The van der Waals surface area contributed by atoms with E-state index in [0.717, 1.165) is 16.1 Å². The number of rotatable bonds is 2. The molecule has 2 rings (SSSR count). The molecule has 2 aromatic rings. The highest BCUT2D eigenvalue weighted by molar-refractivity contribution is 7.99. The fourth-order valence-electron chi connectivity index (χ4n) is 1.68. The number of nitriles is 1. The second kappa shape index (κ2) is 5.48. The predicted octanol–water partition coefficient (Wildman–Crippen LogP) is 4.98. The lowest BCUT2D eigenvalue weighted by Crippen LogP contribution is -1.84. The fourth-order valence-corrected chi connectivity index (χ4v) is 2.85. The van der Waals surface area contributed by atoms with Crippen LogP contribution < -0.4 is 0 Å². The zero-order chi connectivity index (χ0) is 13.1. The van der Waals surface area contributed by atoms with Gasteiger partial charge in [-0.25, -0.2) is 0 Å². The molecule has 2 aromatic carbocycles. The van der Waals surface area contributed by atoms with E-state index in [-0.39, 0.29) is 0 Å². The number of hydrogen-bond donors (Lipinski definition) is 0. The van der Waals surface area contributed by atoms with Crippen LogP contribution in [0.2, 0.25) is 5.02 Å². The van der Waals surface area contributed by atoms with E-state index in [1.54, 1.807) is 11.8 Å². The Hall–Kier alpha value is -1.43. The van der Waals surface area contributed by atoms with Gasteiger partial charge in [-0.1, -0.05) is 23.4 Å². The molecule has 0 aliphatic carbocycles. The van der Waals surface area contributed by atoms with Gasteiger partial charge in [0, 0.05) is 14.8 Å². The summed E-state index contributed by atoms with van der Waals surface area (Å²) in [6, 6.07) is 13.8. The van der Waals surface area contributed by atoms with Crippen LogP contribution in [0.5, 0.6) is 0 Å². The molecule has 3 heteroatoms. The summed E-state index contributed by atoms with van der Waals surface area (Å²) in [7, 11) is 0. The summed E-state index contributed by atoms with van der Waals surface area (Å²) in [6.07, 6.45) is 0. The molecule has 0 heterocycles. The summed E-state index contributed by atoms with van der Waals surface area (Å²) < 4.78 is 0. The highest BCUT2D eigenvalue weighted by Gasteiger charge is 2.05. The minimum atomic E-state index is 0.699. The van der Waals surface area contributed by atoms with E-state index in [9.17, 15) is 0 Å². The molecule has 0 atom stereocenters. The second-order valence-corrected chi connectivity index (χ2v) is 5.62. The van der Waals surface area contributed by atoms with Crippen LogP contribution >= 0.6 is 23.4 Å². The van der Waals surface area contributed by atoms with Gasteiger partial charge in [-0.2, -0.15) is 5.26 Å². The topological polar surface area (TPSA) is 23.8 Å². The molecule has 0 bridgehead atoms. The van der Waals surface area contributed by atoms with Crippen molar-refractivity contribution in [3.63, 3.8) is 0 Å². The van der Waals surface area contributed by atoms with Gasteiger partial charge in [0.2, 0.25) is 0 Å². The van der Waals surface area contributed by atoms with Gasteiger partial charge in [0.25, 0.3) is 0 Å². The molecular formula is C15H12ClNS. The van der Waals surface area contributed by atoms with Gasteiger partial charge in [-0.05, 0) is 61.4 Å². The average molecular weight is 274 g/mol. The number of halogens is 1. The van der Waals surface area contributed by atoms with Crippen molar-refractivity contribution in [1.82, 2.24) is 0 Å². The third-order valence-corrected chi connectivity index (χ3v) is 4.25. The van der Waals surface area contributed by atoms with Crippen molar-refractivity contribution in [2.24, 2.45) is 0 Å². The largest absolute Gasteiger partial charge is 0.192 e. The van der Waals surface area contributed by atoms with Gasteiger partial charge in [-0.15, -0.1) is 0 Å². The molecule has 0 N–H and O–H groups in total. The third-order valence-electron chi connectivity index (χ3n) is 2.66. The SMILES string of the molecule is Cc1cc(Cl)ccc1Sc1ccc(C#N)cc1C. The molecule has 0 fully saturated rings. The van der Waals surface area contributed by atoms with Crippen molar-refractivity contribution in [1.29, 1.82) is 5.26 Å². The van der Waals surface area contributed by atoms with Crippen LogP contribution in [0.15, 0.2) is 46.2 Å². The fraction of sp³-hybridized carbons (Fsp3) is 0.133. The summed E-state index contributed by atoms with van der Waals surface area (Å²) in [5, 5.41) is 9.60. The maximum Gasteiger partial charge on any atom is 0.0991 e. The number of nitrogens with zero attached hydrogens (tertiary/aromatic N) is 1. The van der Waals surface area contributed by atoms with Crippen LogP contribution in [0.3, 0.4) is 0 Å². The number of aryl methyl sites for hydroxylation is 2. The zero-order valence-corrected chi connectivity index (χ0v) is 11.8. The second-order valence-electron chi connectivity index (χ2n) is 4.10. The highest BCUT2D eigenvalue weighted by atomic mass is 35.5. The quantitative estimate of drug-likeness (QED) is 0.770. The van der Waals surface area contributed by atoms with Crippen LogP contribution in [0.1, 0.15) is 16.7 Å². The van der Waals surface area contributed by atoms with Crippen LogP contribution in [0.25, 0.3) is 0 Å². The Bertz CT molecular complexity index is 629. The Morgan fingerprint density at radius 3 is 2.17 bits per heavy atom. The highest BCUT2D eigenvalue weighted by Crippen LogP contribution is 2.33. The Morgan fingerprint density at radius 1 is 1.00 bits per heavy atom. The molecule has 0 radical (unpaired) electrons. The lowest BCUT2D eigenvalue weighted by atomic mass is 10.2. The van der Waals surface area contributed by atoms with E-state index >= 15 is 0 Å². The monoisotopic (exact) mass is 273 g/mol. The van der Waals surface area contributed by atoms with E-state index < -0.39 is 0 Å². The lowest BCUT2D eigenvalue weighted by molar-refractivity contribution is 1.25. The molecular weight excluding hydrogens is 262 g/mol. The van der Waals surface area contributed by atoms with E-state index in [1.165, 1.54) is 9.79 Å². The van der Waals surface area contributed by atoms with E-state index in [4.69, 9.17) is 16.9 Å². The Balaban J connectivity index is 2.32.